The number of hydrogen-bond acceptors (Lipinski definition) is 4. The van der Waals surface area contributed by atoms with Gasteiger partial charge in [0.2, 0.25) is 5.91 Å². The molecule has 3 aromatic carbocycles. The molecule has 0 bridgehead atoms. The highest BCUT2D eigenvalue weighted by Gasteiger charge is 2.20. The number of carbonyl (C=O) groups is 1. The number of nitrogens with zero attached hydrogens (tertiary/aromatic N) is 2. The monoisotopic (exact) mass is 389 g/mol. The molecule has 0 unspecified atom stereocenters. The van der Waals surface area contributed by atoms with Crippen LogP contribution in [0.25, 0.3) is 10.8 Å². The summed E-state index contributed by atoms with van der Waals surface area (Å²) in [5.41, 5.74) is 3.14. The molecule has 1 heterocycles. The molecule has 0 atom stereocenters. The van der Waals surface area contributed by atoms with Gasteiger partial charge < -0.3 is 10.2 Å². The molecule has 0 aliphatic carbocycles. The Morgan fingerprint density at radius 2 is 1.79 bits per heavy atom. The maximum Gasteiger partial charge on any atom is 0.233 e. The average Bonchev–Trinajstić information content (AvgIpc) is 2.71. The Morgan fingerprint density at radius 1 is 1.04 bits per heavy atom. The van der Waals surface area contributed by atoms with Gasteiger partial charge in [-0.3, -0.25) is 4.79 Å². The van der Waals surface area contributed by atoms with Gasteiger partial charge in [0.1, 0.15) is 0 Å². The van der Waals surface area contributed by atoms with Gasteiger partial charge in [-0.15, -0.1) is 0 Å². The summed E-state index contributed by atoms with van der Waals surface area (Å²) in [5.74, 6) is 0.472. The first kappa shape index (κ1) is 18.6. The van der Waals surface area contributed by atoms with Crippen LogP contribution in [0.3, 0.4) is 0 Å². The summed E-state index contributed by atoms with van der Waals surface area (Å²) in [6.07, 6.45) is 0. The lowest BCUT2D eigenvalue weighted by atomic mass is 10.1. The van der Waals surface area contributed by atoms with Gasteiger partial charge in [0.25, 0.3) is 0 Å². The SMILES string of the molecule is CC(C)N(Cc1ccccc1)C(=O)CSC1=Nc2cccc3cccc(c23)N1. The molecule has 1 amide bonds. The highest BCUT2D eigenvalue weighted by Crippen LogP contribution is 2.36. The summed E-state index contributed by atoms with van der Waals surface area (Å²) in [7, 11) is 0. The van der Waals surface area contributed by atoms with Crippen molar-refractivity contribution in [3.05, 3.63) is 72.3 Å². The zero-order valence-electron chi connectivity index (χ0n) is 16.1. The van der Waals surface area contributed by atoms with Gasteiger partial charge in [0.05, 0.1) is 17.1 Å². The second-order valence-electron chi connectivity index (χ2n) is 7.11. The molecule has 3 aromatic rings. The Balaban J connectivity index is 1.47. The number of anilines is 1. The van der Waals surface area contributed by atoms with Crippen LogP contribution in [-0.2, 0) is 11.3 Å². The van der Waals surface area contributed by atoms with E-state index >= 15 is 0 Å². The number of nitrogens with one attached hydrogen (secondary N) is 1. The third kappa shape index (κ3) is 3.90. The molecule has 1 aliphatic rings. The topological polar surface area (TPSA) is 44.7 Å². The van der Waals surface area contributed by atoms with E-state index in [4.69, 9.17) is 4.99 Å². The van der Waals surface area contributed by atoms with E-state index in [1.54, 1.807) is 0 Å². The van der Waals surface area contributed by atoms with Crippen LogP contribution in [0.15, 0.2) is 71.7 Å². The van der Waals surface area contributed by atoms with Crippen LogP contribution in [0.5, 0.6) is 0 Å². The first-order chi connectivity index (χ1) is 13.6. The quantitative estimate of drug-likeness (QED) is 0.633. The second kappa shape index (κ2) is 8.07. The summed E-state index contributed by atoms with van der Waals surface area (Å²) < 4.78 is 0. The number of benzene rings is 3. The number of hydrogen-bond donors (Lipinski definition) is 1. The smallest absolute Gasteiger partial charge is 0.233 e. The summed E-state index contributed by atoms with van der Waals surface area (Å²) in [5, 5.41) is 6.44. The molecular formula is C23H23N3OS. The van der Waals surface area contributed by atoms with E-state index in [0.29, 0.717) is 12.3 Å². The van der Waals surface area contributed by atoms with Crippen LogP contribution < -0.4 is 5.32 Å². The number of thioether (sulfide) groups is 1. The van der Waals surface area contributed by atoms with Crippen LogP contribution in [0.4, 0.5) is 11.4 Å². The van der Waals surface area contributed by atoms with E-state index in [9.17, 15) is 4.79 Å². The normalized spacial score (nSPS) is 12.6. The number of carbonyl (C=O) groups excluding carboxylic acids is 1. The molecule has 1 N–H and O–H groups in total. The predicted molar refractivity (Wildman–Crippen MR) is 119 cm³/mol. The molecular weight excluding hydrogens is 366 g/mol. The van der Waals surface area contributed by atoms with Crippen molar-refractivity contribution < 1.29 is 4.79 Å². The van der Waals surface area contributed by atoms with Crippen molar-refractivity contribution in [3.8, 4) is 0 Å². The van der Waals surface area contributed by atoms with Crippen molar-refractivity contribution in [3.63, 3.8) is 0 Å². The first-order valence-electron chi connectivity index (χ1n) is 9.45. The zero-order chi connectivity index (χ0) is 19.5. The van der Waals surface area contributed by atoms with E-state index in [1.807, 2.05) is 41.3 Å². The van der Waals surface area contributed by atoms with Crippen molar-refractivity contribution in [2.75, 3.05) is 11.1 Å². The van der Waals surface area contributed by atoms with Gasteiger partial charge >= 0.3 is 0 Å². The fourth-order valence-electron chi connectivity index (χ4n) is 3.39. The zero-order valence-corrected chi connectivity index (χ0v) is 16.9. The van der Waals surface area contributed by atoms with Crippen LogP contribution in [-0.4, -0.2) is 27.8 Å². The standard InChI is InChI=1S/C23H23N3OS/c1-16(2)26(14-17-8-4-3-5-9-17)21(27)15-28-23-24-19-12-6-10-18-11-7-13-20(25-23)22(18)19/h3-13,16H,14-15H2,1-2H3,(H,24,25). The molecule has 0 spiro atoms. The minimum Gasteiger partial charge on any atom is -0.335 e. The van der Waals surface area contributed by atoms with Gasteiger partial charge in [-0.05, 0) is 36.9 Å². The molecule has 5 heteroatoms. The minimum absolute atomic E-state index is 0.116. The van der Waals surface area contributed by atoms with Gasteiger partial charge in [-0.25, -0.2) is 4.99 Å². The molecule has 0 radical (unpaired) electrons. The molecule has 0 saturated heterocycles. The Bertz CT molecular complexity index is 1030. The average molecular weight is 390 g/mol. The Kier molecular flexibility index (Phi) is 5.35. The molecule has 28 heavy (non-hydrogen) atoms. The number of rotatable bonds is 5. The first-order valence-corrected chi connectivity index (χ1v) is 10.4. The van der Waals surface area contributed by atoms with Crippen molar-refractivity contribution >= 4 is 45.0 Å². The lowest BCUT2D eigenvalue weighted by Crippen LogP contribution is -2.38. The molecule has 4 rings (SSSR count). The van der Waals surface area contributed by atoms with Gasteiger partial charge in [0, 0.05) is 18.0 Å². The van der Waals surface area contributed by atoms with E-state index in [1.165, 1.54) is 17.1 Å². The molecule has 142 valence electrons. The summed E-state index contributed by atoms with van der Waals surface area (Å²) in [6.45, 7) is 4.73. The highest BCUT2D eigenvalue weighted by atomic mass is 32.2. The molecule has 0 fully saturated rings. The van der Waals surface area contributed by atoms with Gasteiger partial charge in [-0.1, -0.05) is 66.4 Å². The third-order valence-electron chi connectivity index (χ3n) is 4.82. The Hall–Kier alpha value is -2.79. The second-order valence-corrected chi connectivity index (χ2v) is 8.08. The Labute approximate surface area is 169 Å². The van der Waals surface area contributed by atoms with E-state index < -0.39 is 0 Å². The summed E-state index contributed by atoms with van der Waals surface area (Å²) in [4.78, 5) is 19.5. The van der Waals surface area contributed by atoms with Crippen LogP contribution in [0.2, 0.25) is 0 Å². The Morgan fingerprint density at radius 3 is 2.54 bits per heavy atom. The fraction of sp³-hybridized carbons (Fsp3) is 0.217. The van der Waals surface area contributed by atoms with Crippen LogP contribution in [0, 0.1) is 0 Å². The maximum absolute atomic E-state index is 12.9. The lowest BCUT2D eigenvalue weighted by molar-refractivity contribution is -0.130. The molecule has 0 saturated carbocycles. The molecule has 4 nitrogen and oxygen atoms in total. The lowest BCUT2D eigenvalue weighted by Gasteiger charge is -2.27. The van der Waals surface area contributed by atoms with E-state index in [-0.39, 0.29) is 11.9 Å². The number of aliphatic imine (C=N–C) groups is 1. The summed E-state index contributed by atoms with van der Waals surface area (Å²) in [6, 6.07) is 22.6. The van der Waals surface area contributed by atoms with Crippen LogP contribution in [0.1, 0.15) is 19.4 Å². The van der Waals surface area contributed by atoms with Crippen molar-refractivity contribution in [2.24, 2.45) is 4.99 Å². The third-order valence-corrected chi connectivity index (χ3v) is 5.68. The van der Waals surface area contributed by atoms with Gasteiger partial charge in [0.15, 0.2) is 5.17 Å². The minimum atomic E-state index is 0.116. The fourth-order valence-corrected chi connectivity index (χ4v) is 4.16. The largest absolute Gasteiger partial charge is 0.335 e. The predicted octanol–water partition coefficient (Wildman–Crippen LogP) is 5.42. The van der Waals surface area contributed by atoms with Crippen molar-refractivity contribution in [2.45, 2.75) is 26.4 Å². The highest BCUT2D eigenvalue weighted by molar-refractivity contribution is 8.14. The number of amidine groups is 1. The summed E-state index contributed by atoms with van der Waals surface area (Å²) >= 11 is 1.46. The van der Waals surface area contributed by atoms with Crippen molar-refractivity contribution in [1.82, 2.24) is 4.90 Å². The van der Waals surface area contributed by atoms with E-state index in [2.05, 4.69) is 49.5 Å². The van der Waals surface area contributed by atoms with Gasteiger partial charge in [-0.2, -0.15) is 0 Å². The maximum atomic E-state index is 12.9. The molecule has 0 aromatic heterocycles. The number of amides is 1. The van der Waals surface area contributed by atoms with E-state index in [0.717, 1.165) is 27.5 Å². The molecule has 1 aliphatic heterocycles. The van der Waals surface area contributed by atoms with Crippen molar-refractivity contribution in [1.29, 1.82) is 0 Å². The van der Waals surface area contributed by atoms with Crippen LogP contribution >= 0.6 is 11.8 Å².